The molecule has 3 nitrogen and oxygen atoms in total. The summed E-state index contributed by atoms with van der Waals surface area (Å²) >= 11 is 0. The van der Waals surface area contributed by atoms with Crippen LogP contribution in [0.3, 0.4) is 0 Å². The Morgan fingerprint density at radius 2 is 1.88 bits per heavy atom. The standard InChI is InChI=1S/C17H14F4N2O/c18-12-4-1-10(2-5-12)15-6-3-11(8-22-15)13-7-14(13)16(24)23-9-17(19,20)21/h1-6,8,13-14H,7,9H2,(H,23,24)/t13?,14-/m1/s1. The van der Waals surface area contributed by atoms with Gasteiger partial charge in [0, 0.05) is 17.7 Å². The molecule has 1 heterocycles. The number of amides is 1. The summed E-state index contributed by atoms with van der Waals surface area (Å²) in [5, 5.41) is 1.91. The van der Waals surface area contributed by atoms with Gasteiger partial charge in [-0.25, -0.2) is 4.39 Å². The molecular formula is C17H14F4N2O. The van der Waals surface area contributed by atoms with Crippen LogP contribution in [0.25, 0.3) is 11.3 Å². The molecule has 2 aromatic rings. The Morgan fingerprint density at radius 3 is 2.46 bits per heavy atom. The Kier molecular flexibility index (Phi) is 4.26. The molecule has 1 aromatic carbocycles. The van der Waals surface area contributed by atoms with Crippen molar-refractivity contribution in [2.45, 2.75) is 18.5 Å². The Bertz CT molecular complexity index is 726. The first kappa shape index (κ1) is 16.4. The van der Waals surface area contributed by atoms with Crippen molar-refractivity contribution in [3.63, 3.8) is 0 Å². The molecule has 1 aliphatic carbocycles. The smallest absolute Gasteiger partial charge is 0.347 e. The van der Waals surface area contributed by atoms with Gasteiger partial charge in [-0.2, -0.15) is 13.2 Å². The topological polar surface area (TPSA) is 42.0 Å². The second-order valence-electron chi connectivity index (χ2n) is 5.77. The third-order valence-corrected chi connectivity index (χ3v) is 3.94. The minimum absolute atomic E-state index is 0.104. The highest BCUT2D eigenvalue weighted by Crippen LogP contribution is 2.47. The molecule has 1 saturated carbocycles. The normalized spacial score (nSPS) is 19.8. The first-order chi connectivity index (χ1) is 11.3. The molecule has 1 unspecified atom stereocenters. The highest BCUT2D eigenvalue weighted by atomic mass is 19.4. The molecule has 1 aromatic heterocycles. The third-order valence-electron chi connectivity index (χ3n) is 3.94. The van der Waals surface area contributed by atoms with Crippen molar-refractivity contribution in [3.8, 4) is 11.3 Å². The Morgan fingerprint density at radius 1 is 1.17 bits per heavy atom. The minimum Gasteiger partial charge on any atom is -0.347 e. The average molecular weight is 338 g/mol. The predicted octanol–water partition coefficient (Wildman–Crippen LogP) is 3.67. The number of nitrogens with zero attached hydrogens (tertiary/aromatic N) is 1. The van der Waals surface area contributed by atoms with Gasteiger partial charge >= 0.3 is 6.18 Å². The summed E-state index contributed by atoms with van der Waals surface area (Å²) in [6.07, 6.45) is -2.28. The van der Waals surface area contributed by atoms with Gasteiger partial charge in [0.2, 0.25) is 5.91 Å². The van der Waals surface area contributed by atoms with Crippen LogP contribution in [0.4, 0.5) is 17.6 Å². The van der Waals surface area contributed by atoms with Gasteiger partial charge in [0.05, 0.1) is 5.69 Å². The lowest BCUT2D eigenvalue weighted by atomic mass is 10.1. The number of pyridine rings is 1. The first-order valence-electron chi connectivity index (χ1n) is 7.40. The fraction of sp³-hybridized carbons (Fsp3) is 0.294. The molecule has 1 aliphatic rings. The minimum atomic E-state index is -4.40. The van der Waals surface area contributed by atoms with E-state index >= 15 is 0 Å². The molecule has 1 amide bonds. The van der Waals surface area contributed by atoms with Crippen LogP contribution in [0.15, 0.2) is 42.6 Å². The Hall–Kier alpha value is -2.44. The zero-order valence-electron chi connectivity index (χ0n) is 12.5. The van der Waals surface area contributed by atoms with Crippen molar-refractivity contribution in [2.75, 3.05) is 6.54 Å². The second kappa shape index (κ2) is 6.22. The molecule has 0 radical (unpaired) electrons. The van der Waals surface area contributed by atoms with Crippen molar-refractivity contribution in [2.24, 2.45) is 5.92 Å². The van der Waals surface area contributed by atoms with Gasteiger partial charge in [0.15, 0.2) is 0 Å². The van der Waals surface area contributed by atoms with Crippen LogP contribution in [0.1, 0.15) is 17.9 Å². The maximum absolute atomic E-state index is 12.9. The number of halogens is 4. The molecule has 3 rings (SSSR count). The number of aromatic nitrogens is 1. The van der Waals surface area contributed by atoms with E-state index in [1.54, 1.807) is 30.5 Å². The van der Waals surface area contributed by atoms with Gasteiger partial charge in [-0.3, -0.25) is 9.78 Å². The van der Waals surface area contributed by atoms with Crippen molar-refractivity contribution < 1.29 is 22.4 Å². The van der Waals surface area contributed by atoms with Gasteiger partial charge in [-0.05, 0) is 48.2 Å². The molecular weight excluding hydrogens is 324 g/mol. The van der Waals surface area contributed by atoms with E-state index in [9.17, 15) is 22.4 Å². The zero-order chi connectivity index (χ0) is 17.3. The molecule has 126 valence electrons. The van der Waals surface area contributed by atoms with Crippen LogP contribution < -0.4 is 5.32 Å². The van der Waals surface area contributed by atoms with E-state index in [1.165, 1.54) is 12.1 Å². The van der Waals surface area contributed by atoms with Crippen molar-refractivity contribution >= 4 is 5.91 Å². The number of hydrogen-bond donors (Lipinski definition) is 1. The number of alkyl halides is 3. The third kappa shape index (κ3) is 3.90. The van der Waals surface area contributed by atoms with E-state index in [2.05, 4.69) is 4.98 Å². The van der Waals surface area contributed by atoms with Crippen LogP contribution >= 0.6 is 0 Å². The van der Waals surface area contributed by atoms with Crippen LogP contribution in [0.5, 0.6) is 0 Å². The van der Waals surface area contributed by atoms with E-state index < -0.39 is 24.5 Å². The van der Waals surface area contributed by atoms with Crippen LogP contribution in [0.2, 0.25) is 0 Å². The quantitative estimate of drug-likeness (QED) is 0.865. The fourth-order valence-corrected chi connectivity index (χ4v) is 2.59. The molecule has 0 bridgehead atoms. The summed E-state index contributed by atoms with van der Waals surface area (Å²) < 4.78 is 49.2. The molecule has 0 aliphatic heterocycles. The molecule has 1 fully saturated rings. The molecule has 24 heavy (non-hydrogen) atoms. The lowest BCUT2D eigenvalue weighted by Gasteiger charge is -2.08. The van der Waals surface area contributed by atoms with E-state index in [0.717, 1.165) is 11.1 Å². The van der Waals surface area contributed by atoms with Crippen molar-refractivity contribution in [1.82, 2.24) is 10.3 Å². The van der Waals surface area contributed by atoms with Gasteiger partial charge in [-0.1, -0.05) is 6.07 Å². The Labute approximate surface area is 135 Å². The molecule has 2 atom stereocenters. The molecule has 1 N–H and O–H groups in total. The van der Waals surface area contributed by atoms with Crippen molar-refractivity contribution in [1.29, 1.82) is 0 Å². The van der Waals surface area contributed by atoms with E-state index in [4.69, 9.17) is 0 Å². The van der Waals surface area contributed by atoms with Crippen LogP contribution in [-0.4, -0.2) is 23.6 Å². The second-order valence-corrected chi connectivity index (χ2v) is 5.77. The summed E-state index contributed by atoms with van der Waals surface area (Å²) in [5.41, 5.74) is 2.24. The number of nitrogens with one attached hydrogen (secondary N) is 1. The fourth-order valence-electron chi connectivity index (χ4n) is 2.59. The predicted molar refractivity (Wildman–Crippen MR) is 79.5 cm³/mol. The SMILES string of the molecule is O=C(NCC(F)(F)F)[C@@H]1CC1c1ccc(-c2ccc(F)cc2)nc1. The lowest BCUT2D eigenvalue weighted by molar-refractivity contribution is -0.139. The monoisotopic (exact) mass is 338 g/mol. The van der Waals surface area contributed by atoms with Gasteiger partial charge in [0.25, 0.3) is 0 Å². The number of carbonyl (C=O) groups excluding carboxylic acids is 1. The maximum atomic E-state index is 12.9. The summed E-state index contributed by atoms with van der Waals surface area (Å²) in [7, 11) is 0. The number of benzene rings is 1. The summed E-state index contributed by atoms with van der Waals surface area (Å²) in [5.74, 6) is -1.46. The number of carbonyl (C=O) groups is 1. The van der Waals surface area contributed by atoms with E-state index in [1.807, 2.05) is 5.32 Å². The lowest BCUT2D eigenvalue weighted by Crippen LogP contribution is -2.34. The van der Waals surface area contributed by atoms with Gasteiger partial charge in [-0.15, -0.1) is 0 Å². The Balaban J connectivity index is 1.61. The highest BCUT2D eigenvalue weighted by Gasteiger charge is 2.44. The molecule has 0 saturated heterocycles. The largest absolute Gasteiger partial charge is 0.405 e. The number of hydrogen-bond acceptors (Lipinski definition) is 2. The summed E-state index contributed by atoms with van der Waals surface area (Å²) in [6, 6.07) is 9.46. The average Bonchev–Trinajstić information content (AvgIpc) is 3.33. The van der Waals surface area contributed by atoms with E-state index in [0.29, 0.717) is 12.1 Å². The molecule has 7 heteroatoms. The van der Waals surface area contributed by atoms with Crippen LogP contribution in [0, 0.1) is 11.7 Å². The van der Waals surface area contributed by atoms with Gasteiger partial charge < -0.3 is 5.32 Å². The van der Waals surface area contributed by atoms with Gasteiger partial charge in [0.1, 0.15) is 12.4 Å². The first-order valence-corrected chi connectivity index (χ1v) is 7.40. The van der Waals surface area contributed by atoms with E-state index in [-0.39, 0.29) is 11.7 Å². The summed E-state index contributed by atoms with van der Waals surface area (Å²) in [6.45, 7) is -1.31. The number of rotatable bonds is 4. The van der Waals surface area contributed by atoms with Crippen LogP contribution in [-0.2, 0) is 4.79 Å². The molecule has 0 spiro atoms. The summed E-state index contributed by atoms with van der Waals surface area (Å²) in [4.78, 5) is 16.0. The van der Waals surface area contributed by atoms with Crippen molar-refractivity contribution in [3.05, 3.63) is 54.0 Å². The maximum Gasteiger partial charge on any atom is 0.405 e. The highest BCUT2D eigenvalue weighted by molar-refractivity contribution is 5.82. The zero-order valence-corrected chi connectivity index (χ0v) is 12.5.